The number of nitrogens with one attached hydrogen (secondary N) is 1. The van der Waals surface area contributed by atoms with Crippen molar-refractivity contribution in [1.82, 2.24) is 4.90 Å². The van der Waals surface area contributed by atoms with Gasteiger partial charge >= 0.3 is 12.1 Å². The summed E-state index contributed by atoms with van der Waals surface area (Å²) in [5, 5.41) is 3.15. The zero-order valence-corrected chi connectivity index (χ0v) is 14.8. The second kappa shape index (κ2) is 8.07. The monoisotopic (exact) mass is 372 g/mol. The summed E-state index contributed by atoms with van der Waals surface area (Å²) in [6.07, 6.45) is 7.20. The Balaban J connectivity index is 1.89. The summed E-state index contributed by atoms with van der Waals surface area (Å²) >= 11 is 5.92. The number of rotatable bonds is 4. The minimum Gasteiger partial charge on any atom is -0.383 e. The number of methoxy groups -OCH3 is 1. The van der Waals surface area contributed by atoms with Crippen molar-refractivity contribution >= 4 is 40.9 Å². The van der Waals surface area contributed by atoms with E-state index in [0.29, 0.717) is 28.9 Å². The van der Waals surface area contributed by atoms with Crippen LogP contribution < -0.4 is 5.32 Å². The maximum absolute atomic E-state index is 12.4. The van der Waals surface area contributed by atoms with Gasteiger partial charge in [0, 0.05) is 17.8 Å². The summed E-state index contributed by atoms with van der Waals surface area (Å²) in [6, 6.07) is 5.68. The third kappa shape index (κ3) is 4.07. The van der Waals surface area contributed by atoms with E-state index >= 15 is 0 Å². The van der Waals surface area contributed by atoms with Gasteiger partial charge in [-0.2, -0.15) is 9.98 Å². The number of hydrogen-bond donors (Lipinski definition) is 1. The van der Waals surface area contributed by atoms with Crippen LogP contribution in [0.3, 0.4) is 0 Å². The van der Waals surface area contributed by atoms with Crippen molar-refractivity contribution in [2.45, 2.75) is 0 Å². The molecule has 26 heavy (non-hydrogen) atoms. The van der Waals surface area contributed by atoms with Gasteiger partial charge in [0.05, 0.1) is 24.8 Å². The van der Waals surface area contributed by atoms with E-state index in [0.717, 1.165) is 0 Å². The first-order chi connectivity index (χ1) is 12.6. The smallest absolute Gasteiger partial charge is 0.349 e. The quantitative estimate of drug-likeness (QED) is 0.877. The number of urea groups is 2. The van der Waals surface area contributed by atoms with Crippen molar-refractivity contribution in [2.24, 2.45) is 15.9 Å². The average Bonchev–Trinajstić information content (AvgIpc) is 2.61. The molecule has 1 aromatic rings. The molecule has 8 heteroatoms. The minimum absolute atomic E-state index is 0.253. The number of halogens is 1. The highest BCUT2D eigenvalue weighted by Gasteiger charge is 2.34. The Morgan fingerprint density at radius 1 is 1.42 bits per heavy atom. The second-order valence-electron chi connectivity index (χ2n) is 5.60. The van der Waals surface area contributed by atoms with Crippen molar-refractivity contribution in [3.63, 3.8) is 0 Å². The second-order valence-corrected chi connectivity index (χ2v) is 6.03. The SMILES string of the molecule is COCCN1C(=O)N=C2C=CC=CC2/C1=N/C(=O)Nc1cccc(Cl)c1. The maximum atomic E-state index is 12.4. The number of anilines is 1. The van der Waals surface area contributed by atoms with Crippen LogP contribution in [0.5, 0.6) is 0 Å². The Morgan fingerprint density at radius 2 is 2.27 bits per heavy atom. The first-order valence-corrected chi connectivity index (χ1v) is 8.35. The molecule has 0 bridgehead atoms. The molecule has 0 fully saturated rings. The fraction of sp³-hybridized carbons (Fsp3) is 0.222. The van der Waals surface area contributed by atoms with Gasteiger partial charge in [0.15, 0.2) is 0 Å². The summed E-state index contributed by atoms with van der Waals surface area (Å²) in [4.78, 5) is 34.3. The molecule has 3 rings (SSSR count). The van der Waals surface area contributed by atoms with E-state index in [2.05, 4.69) is 15.3 Å². The van der Waals surface area contributed by atoms with Crippen LogP contribution >= 0.6 is 11.6 Å². The Labute approximate surface area is 155 Å². The van der Waals surface area contributed by atoms with Crippen LogP contribution in [0.4, 0.5) is 15.3 Å². The molecule has 0 aromatic heterocycles. The fourth-order valence-corrected chi connectivity index (χ4v) is 2.83. The van der Waals surface area contributed by atoms with Crippen LogP contribution in [0.15, 0.2) is 58.6 Å². The van der Waals surface area contributed by atoms with Gasteiger partial charge in [-0.15, -0.1) is 0 Å². The molecule has 4 amide bonds. The van der Waals surface area contributed by atoms with Gasteiger partial charge in [0.25, 0.3) is 0 Å². The molecule has 0 spiro atoms. The lowest BCUT2D eigenvalue weighted by atomic mass is 9.95. The number of amides is 4. The standard InChI is InChI=1S/C18H17ClN4O3/c1-26-10-9-23-16(14-7-2-3-8-15(14)21-18(23)25)22-17(24)20-13-6-4-5-12(19)11-13/h2-8,11,14H,9-10H2,1H3,(H,20,24)/b22-16-. The number of amidine groups is 1. The van der Waals surface area contributed by atoms with Crippen molar-refractivity contribution in [1.29, 1.82) is 0 Å². The third-order valence-electron chi connectivity index (χ3n) is 3.82. The number of carbonyl (C=O) groups is 2. The summed E-state index contributed by atoms with van der Waals surface area (Å²) in [5.41, 5.74) is 1.07. The molecule has 1 N–H and O–H groups in total. The normalized spacial score (nSPS) is 20.2. The van der Waals surface area contributed by atoms with Crippen LogP contribution in [0, 0.1) is 5.92 Å². The Kier molecular flexibility index (Phi) is 5.60. The number of aliphatic imine (C=N–C) groups is 2. The highest BCUT2D eigenvalue weighted by Crippen LogP contribution is 2.21. The average molecular weight is 373 g/mol. The van der Waals surface area contributed by atoms with Crippen molar-refractivity contribution in [3.8, 4) is 0 Å². The molecular formula is C18H17ClN4O3. The van der Waals surface area contributed by atoms with E-state index in [1.165, 1.54) is 12.0 Å². The lowest BCUT2D eigenvalue weighted by Crippen LogP contribution is -2.48. The number of ether oxygens (including phenoxy) is 1. The molecule has 1 heterocycles. The van der Waals surface area contributed by atoms with Crippen LogP contribution in [-0.4, -0.2) is 48.8 Å². The summed E-state index contributed by atoms with van der Waals surface area (Å²) in [7, 11) is 1.54. The highest BCUT2D eigenvalue weighted by atomic mass is 35.5. The highest BCUT2D eigenvalue weighted by molar-refractivity contribution is 6.31. The largest absolute Gasteiger partial charge is 0.383 e. The molecule has 0 saturated carbocycles. The lowest BCUT2D eigenvalue weighted by Gasteiger charge is -2.31. The number of allylic oxidation sites excluding steroid dienone is 3. The number of fused-ring (bicyclic) bond motifs is 1. The molecule has 134 valence electrons. The predicted molar refractivity (Wildman–Crippen MR) is 101 cm³/mol. The predicted octanol–water partition coefficient (Wildman–Crippen LogP) is 3.54. The number of nitrogens with zero attached hydrogens (tertiary/aromatic N) is 3. The topological polar surface area (TPSA) is 83.4 Å². The third-order valence-corrected chi connectivity index (χ3v) is 4.06. The van der Waals surface area contributed by atoms with E-state index in [4.69, 9.17) is 16.3 Å². The summed E-state index contributed by atoms with van der Waals surface area (Å²) in [6.45, 7) is 0.557. The lowest BCUT2D eigenvalue weighted by molar-refractivity contribution is 0.174. The van der Waals surface area contributed by atoms with Crippen LogP contribution in [0.1, 0.15) is 0 Å². The Hall–Kier alpha value is -2.77. The summed E-state index contributed by atoms with van der Waals surface area (Å²) in [5.74, 6) is -0.0446. The molecule has 7 nitrogen and oxygen atoms in total. The van der Waals surface area contributed by atoms with Crippen LogP contribution in [0.2, 0.25) is 5.02 Å². The van der Waals surface area contributed by atoms with Gasteiger partial charge in [-0.1, -0.05) is 35.9 Å². The van der Waals surface area contributed by atoms with Crippen molar-refractivity contribution in [3.05, 3.63) is 53.6 Å². The van der Waals surface area contributed by atoms with E-state index in [9.17, 15) is 9.59 Å². The molecule has 1 unspecified atom stereocenters. The van der Waals surface area contributed by atoms with E-state index in [1.54, 1.807) is 36.4 Å². The number of hydrogen-bond acceptors (Lipinski definition) is 3. The van der Waals surface area contributed by atoms with Gasteiger partial charge in [0.2, 0.25) is 0 Å². The molecule has 1 aliphatic heterocycles. The van der Waals surface area contributed by atoms with Crippen molar-refractivity contribution in [2.75, 3.05) is 25.6 Å². The van der Waals surface area contributed by atoms with Crippen LogP contribution in [0.25, 0.3) is 0 Å². The van der Waals surface area contributed by atoms with Gasteiger partial charge < -0.3 is 10.1 Å². The van der Waals surface area contributed by atoms with E-state index in [1.807, 2.05) is 12.2 Å². The number of benzene rings is 1. The fourth-order valence-electron chi connectivity index (χ4n) is 2.64. The number of carbonyl (C=O) groups excluding carboxylic acids is 2. The molecule has 1 aromatic carbocycles. The zero-order chi connectivity index (χ0) is 18.5. The first-order valence-electron chi connectivity index (χ1n) is 7.97. The molecule has 0 saturated heterocycles. The molecule has 1 atom stereocenters. The van der Waals surface area contributed by atoms with Gasteiger partial charge in [0.1, 0.15) is 5.84 Å². The molecule has 1 aliphatic carbocycles. The van der Waals surface area contributed by atoms with Gasteiger partial charge in [-0.25, -0.2) is 9.59 Å². The molecular weight excluding hydrogens is 356 g/mol. The maximum Gasteiger partial charge on any atom is 0.349 e. The Morgan fingerprint density at radius 3 is 3.04 bits per heavy atom. The van der Waals surface area contributed by atoms with E-state index < -0.39 is 12.1 Å². The summed E-state index contributed by atoms with van der Waals surface area (Å²) < 4.78 is 5.05. The minimum atomic E-state index is -0.596. The van der Waals surface area contributed by atoms with Crippen LogP contribution in [-0.2, 0) is 4.74 Å². The first kappa shape index (κ1) is 18.0. The Bertz CT molecular complexity index is 845. The van der Waals surface area contributed by atoms with Crippen molar-refractivity contribution < 1.29 is 14.3 Å². The van der Waals surface area contributed by atoms with Gasteiger partial charge in [-0.05, 0) is 24.3 Å². The van der Waals surface area contributed by atoms with E-state index in [-0.39, 0.29) is 12.5 Å². The molecule has 0 radical (unpaired) electrons. The molecule has 2 aliphatic rings. The zero-order valence-electron chi connectivity index (χ0n) is 14.1. The van der Waals surface area contributed by atoms with Gasteiger partial charge in [-0.3, -0.25) is 4.90 Å².